The predicted octanol–water partition coefficient (Wildman–Crippen LogP) is 3.56. The van der Waals surface area contributed by atoms with Crippen molar-refractivity contribution in [3.05, 3.63) is 30.1 Å². The molecule has 0 aromatic carbocycles. The van der Waals surface area contributed by atoms with E-state index in [9.17, 15) is 0 Å². The Labute approximate surface area is 111 Å². The number of rotatable bonds is 5. The standard InChI is InChI=1S/C16H26N2/c1-2-14-5-3-4-6-15(14)16(17)8-7-13-9-11-18-12-10-13/h9-12,14-16H,2-8,17H2,1H3. The third kappa shape index (κ3) is 3.55. The van der Waals surface area contributed by atoms with Crippen molar-refractivity contribution in [3.63, 3.8) is 0 Å². The smallest absolute Gasteiger partial charge is 0.0270 e. The fourth-order valence-electron chi connectivity index (χ4n) is 3.40. The van der Waals surface area contributed by atoms with Gasteiger partial charge in [0.05, 0.1) is 0 Å². The Morgan fingerprint density at radius 1 is 1.28 bits per heavy atom. The van der Waals surface area contributed by atoms with Crippen LogP contribution in [0, 0.1) is 11.8 Å². The molecular formula is C16H26N2. The van der Waals surface area contributed by atoms with E-state index in [1.807, 2.05) is 12.4 Å². The summed E-state index contributed by atoms with van der Waals surface area (Å²) in [5.41, 5.74) is 7.81. The largest absolute Gasteiger partial charge is 0.327 e. The van der Waals surface area contributed by atoms with Crippen molar-refractivity contribution in [3.8, 4) is 0 Å². The highest BCUT2D eigenvalue weighted by atomic mass is 14.7. The van der Waals surface area contributed by atoms with Crippen LogP contribution in [-0.2, 0) is 6.42 Å². The van der Waals surface area contributed by atoms with Gasteiger partial charge in [-0.25, -0.2) is 0 Å². The molecule has 0 aliphatic heterocycles. The van der Waals surface area contributed by atoms with Crippen LogP contribution < -0.4 is 5.73 Å². The Morgan fingerprint density at radius 3 is 2.72 bits per heavy atom. The number of nitrogens with two attached hydrogens (primary N) is 1. The van der Waals surface area contributed by atoms with Gasteiger partial charge in [-0.05, 0) is 48.8 Å². The van der Waals surface area contributed by atoms with E-state index in [2.05, 4.69) is 24.0 Å². The zero-order chi connectivity index (χ0) is 12.8. The molecule has 1 fully saturated rings. The molecule has 1 aromatic heterocycles. The predicted molar refractivity (Wildman–Crippen MR) is 76.3 cm³/mol. The van der Waals surface area contributed by atoms with E-state index in [1.54, 1.807) is 0 Å². The van der Waals surface area contributed by atoms with Gasteiger partial charge in [0.15, 0.2) is 0 Å². The lowest BCUT2D eigenvalue weighted by Crippen LogP contribution is -2.37. The van der Waals surface area contributed by atoms with Crippen molar-refractivity contribution in [2.24, 2.45) is 17.6 Å². The molecule has 0 radical (unpaired) electrons. The van der Waals surface area contributed by atoms with Crippen LogP contribution in [0.1, 0.15) is 51.0 Å². The van der Waals surface area contributed by atoms with E-state index >= 15 is 0 Å². The first-order valence-electron chi connectivity index (χ1n) is 7.45. The molecule has 1 aliphatic rings. The fourth-order valence-corrected chi connectivity index (χ4v) is 3.40. The monoisotopic (exact) mass is 246 g/mol. The second-order valence-electron chi connectivity index (χ2n) is 5.67. The quantitative estimate of drug-likeness (QED) is 0.862. The molecule has 3 atom stereocenters. The van der Waals surface area contributed by atoms with Crippen molar-refractivity contribution in [2.75, 3.05) is 0 Å². The minimum absolute atomic E-state index is 0.378. The molecular weight excluding hydrogens is 220 g/mol. The number of aryl methyl sites for hydroxylation is 1. The lowest BCUT2D eigenvalue weighted by Gasteiger charge is -2.35. The summed E-state index contributed by atoms with van der Waals surface area (Å²) in [7, 11) is 0. The molecule has 0 spiro atoms. The van der Waals surface area contributed by atoms with Gasteiger partial charge < -0.3 is 5.73 Å². The minimum Gasteiger partial charge on any atom is -0.327 e. The second-order valence-corrected chi connectivity index (χ2v) is 5.67. The molecule has 2 rings (SSSR count). The van der Waals surface area contributed by atoms with Gasteiger partial charge in [0.25, 0.3) is 0 Å². The van der Waals surface area contributed by atoms with E-state index in [0.29, 0.717) is 6.04 Å². The molecule has 0 saturated heterocycles. The van der Waals surface area contributed by atoms with E-state index in [-0.39, 0.29) is 0 Å². The van der Waals surface area contributed by atoms with E-state index < -0.39 is 0 Å². The number of pyridine rings is 1. The Morgan fingerprint density at radius 2 is 2.00 bits per heavy atom. The number of hydrogen-bond acceptors (Lipinski definition) is 2. The van der Waals surface area contributed by atoms with Gasteiger partial charge >= 0.3 is 0 Å². The van der Waals surface area contributed by atoms with E-state index in [4.69, 9.17) is 5.73 Å². The van der Waals surface area contributed by atoms with Crippen molar-refractivity contribution < 1.29 is 0 Å². The van der Waals surface area contributed by atoms with Gasteiger partial charge in [0.2, 0.25) is 0 Å². The van der Waals surface area contributed by atoms with Crippen molar-refractivity contribution >= 4 is 0 Å². The molecule has 3 unspecified atom stereocenters. The molecule has 1 aliphatic carbocycles. The Bertz CT molecular complexity index is 336. The summed E-state index contributed by atoms with van der Waals surface area (Å²) >= 11 is 0. The van der Waals surface area contributed by atoms with Crippen LogP contribution in [0.3, 0.4) is 0 Å². The third-order valence-corrected chi connectivity index (χ3v) is 4.56. The molecule has 0 amide bonds. The van der Waals surface area contributed by atoms with Gasteiger partial charge in [-0.2, -0.15) is 0 Å². The van der Waals surface area contributed by atoms with Crippen LogP contribution >= 0.6 is 0 Å². The molecule has 100 valence electrons. The van der Waals surface area contributed by atoms with E-state index in [0.717, 1.165) is 24.7 Å². The topological polar surface area (TPSA) is 38.9 Å². The molecule has 0 bridgehead atoms. The summed E-state index contributed by atoms with van der Waals surface area (Å²) in [6.45, 7) is 2.32. The van der Waals surface area contributed by atoms with Crippen LogP contribution in [0.4, 0.5) is 0 Å². The summed E-state index contributed by atoms with van der Waals surface area (Å²) in [6, 6.07) is 4.58. The Hall–Kier alpha value is -0.890. The van der Waals surface area contributed by atoms with Crippen LogP contribution in [0.2, 0.25) is 0 Å². The second kappa shape index (κ2) is 6.89. The molecule has 2 N–H and O–H groups in total. The molecule has 2 nitrogen and oxygen atoms in total. The maximum atomic E-state index is 6.45. The zero-order valence-corrected chi connectivity index (χ0v) is 11.5. The van der Waals surface area contributed by atoms with Gasteiger partial charge in [0, 0.05) is 18.4 Å². The van der Waals surface area contributed by atoms with Gasteiger partial charge in [0.1, 0.15) is 0 Å². The van der Waals surface area contributed by atoms with Crippen LogP contribution in [-0.4, -0.2) is 11.0 Å². The average molecular weight is 246 g/mol. The highest BCUT2D eigenvalue weighted by Crippen LogP contribution is 2.34. The van der Waals surface area contributed by atoms with Crippen LogP contribution in [0.15, 0.2) is 24.5 Å². The summed E-state index contributed by atoms with van der Waals surface area (Å²) in [4.78, 5) is 4.06. The summed E-state index contributed by atoms with van der Waals surface area (Å²) in [5.74, 6) is 1.62. The minimum atomic E-state index is 0.378. The van der Waals surface area contributed by atoms with Crippen LogP contribution in [0.5, 0.6) is 0 Å². The third-order valence-electron chi connectivity index (χ3n) is 4.56. The SMILES string of the molecule is CCC1CCCCC1C(N)CCc1ccncc1. The number of aromatic nitrogens is 1. The summed E-state index contributed by atoms with van der Waals surface area (Å²) in [5, 5.41) is 0. The first-order chi connectivity index (χ1) is 8.81. The maximum Gasteiger partial charge on any atom is 0.0270 e. The Balaban J connectivity index is 1.85. The Kier molecular flexibility index (Phi) is 5.18. The molecule has 1 aromatic rings. The highest BCUT2D eigenvalue weighted by molar-refractivity contribution is 5.10. The number of hydrogen-bond donors (Lipinski definition) is 1. The van der Waals surface area contributed by atoms with Crippen molar-refractivity contribution in [1.82, 2.24) is 4.98 Å². The summed E-state index contributed by atoms with van der Waals surface area (Å²) in [6.07, 6.45) is 12.8. The molecule has 2 heteroatoms. The summed E-state index contributed by atoms with van der Waals surface area (Å²) < 4.78 is 0. The first-order valence-corrected chi connectivity index (χ1v) is 7.45. The van der Waals surface area contributed by atoms with Gasteiger partial charge in [-0.3, -0.25) is 4.98 Å². The fraction of sp³-hybridized carbons (Fsp3) is 0.688. The van der Waals surface area contributed by atoms with Crippen molar-refractivity contribution in [2.45, 2.75) is 57.9 Å². The molecule has 1 heterocycles. The normalized spacial score (nSPS) is 25.9. The zero-order valence-electron chi connectivity index (χ0n) is 11.5. The van der Waals surface area contributed by atoms with Crippen LogP contribution in [0.25, 0.3) is 0 Å². The van der Waals surface area contributed by atoms with Gasteiger partial charge in [-0.1, -0.05) is 32.6 Å². The van der Waals surface area contributed by atoms with Gasteiger partial charge in [-0.15, -0.1) is 0 Å². The van der Waals surface area contributed by atoms with E-state index in [1.165, 1.54) is 37.7 Å². The first kappa shape index (κ1) is 13.5. The molecule has 1 saturated carbocycles. The lowest BCUT2D eigenvalue weighted by atomic mass is 9.73. The number of nitrogens with zero attached hydrogens (tertiary/aromatic N) is 1. The maximum absolute atomic E-state index is 6.45. The highest BCUT2D eigenvalue weighted by Gasteiger charge is 2.28. The average Bonchev–Trinajstić information content (AvgIpc) is 2.45. The lowest BCUT2D eigenvalue weighted by molar-refractivity contribution is 0.190. The van der Waals surface area contributed by atoms with Crippen molar-refractivity contribution in [1.29, 1.82) is 0 Å². The molecule has 18 heavy (non-hydrogen) atoms.